The van der Waals surface area contributed by atoms with Gasteiger partial charge in [0.05, 0.1) is 11.8 Å². The zero-order chi connectivity index (χ0) is 17.2. The largest absolute Gasteiger partial charge is 0.465 e. The second-order valence-corrected chi connectivity index (χ2v) is 5.59. The highest BCUT2D eigenvalue weighted by molar-refractivity contribution is 6.03. The summed E-state index contributed by atoms with van der Waals surface area (Å²) in [5.74, 6) is -0.150. The Bertz CT molecular complexity index is 907. The molecule has 0 saturated carbocycles. The number of hydrogen-bond acceptors (Lipinski definition) is 4. The van der Waals surface area contributed by atoms with E-state index < -0.39 is 6.17 Å². The van der Waals surface area contributed by atoms with Crippen LogP contribution in [0.5, 0.6) is 0 Å². The Balaban J connectivity index is 1.70. The number of carbonyl (C=O) groups excluding carboxylic acids is 2. The normalized spacial score (nSPS) is 16.1. The molecule has 124 valence electrons. The monoisotopic (exact) mass is 333 g/mol. The third-order valence-electron chi connectivity index (χ3n) is 4.00. The molecule has 2 heterocycles. The van der Waals surface area contributed by atoms with Gasteiger partial charge in [-0.1, -0.05) is 30.3 Å². The molecule has 1 aliphatic rings. The van der Waals surface area contributed by atoms with Crippen molar-refractivity contribution in [1.29, 1.82) is 0 Å². The Morgan fingerprint density at radius 2 is 1.76 bits per heavy atom. The van der Waals surface area contributed by atoms with E-state index in [2.05, 4.69) is 10.7 Å². The van der Waals surface area contributed by atoms with E-state index in [0.29, 0.717) is 22.6 Å². The molecular weight excluding hydrogens is 318 g/mol. The summed E-state index contributed by atoms with van der Waals surface area (Å²) in [4.78, 5) is 25.4. The Morgan fingerprint density at radius 1 is 1.00 bits per heavy atom. The van der Waals surface area contributed by atoms with Crippen molar-refractivity contribution in [2.75, 3.05) is 5.32 Å². The zero-order valence-corrected chi connectivity index (χ0v) is 13.2. The summed E-state index contributed by atoms with van der Waals surface area (Å²) in [6, 6.07) is 19.4. The second-order valence-electron chi connectivity index (χ2n) is 5.59. The molecule has 1 aliphatic heterocycles. The number of nitrogens with one attached hydrogen (secondary N) is 2. The Kier molecular flexibility index (Phi) is 3.70. The summed E-state index contributed by atoms with van der Waals surface area (Å²) in [7, 11) is 0. The summed E-state index contributed by atoms with van der Waals surface area (Å²) < 4.78 is 5.45. The van der Waals surface area contributed by atoms with Gasteiger partial charge in [-0.3, -0.25) is 15.0 Å². The zero-order valence-electron chi connectivity index (χ0n) is 13.2. The lowest BCUT2D eigenvalue weighted by Crippen LogP contribution is -2.52. The van der Waals surface area contributed by atoms with Gasteiger partial charge in [0.1, 0.15) is 5.76 Å². The van der Waals surface area contributed by atoms with E-state index >= 15 is 0 Å². The molecule has 2 N–H and O–H groups in total. The van der Waals surface area contributed by atoms with Gasteiger partial charge in [-0.2, -0.15) is 0 Å². The Labute approximate surface area is 144 Å². The molecule has 0 spiro atoms. The molecule has 0 fully saturated rings. The minimum Gasteiger partial charge on any atom is -0.465 e. The predicted molar refractivity (Wildman–Crippen MR) is 91.6 cm³/mol. The van der Waals surface area contributed by atoms with Crippen LogP contribution in [0.25, 0.3) is 0 Å². The highest BCUT2D eigenvalue weighted by Gasteiger charge is 2.35. The minimum atomic E-state index is -0.634. The lowest BCUT2D eigenvalue weighted by molar-refractivity contribution is 0.0467. The fourth-order valence-electron chi connectivity index (χ4n) is 2.78. The topological polar surface area (TPSA) is 74.6 Å². The van der Waals surface area contributed by atoms with E-state index in [1.54, 1.807) is 48.5 Å². The molecule has 0 unspecified atom stereocenters. The number of fused-ring (bicyclic) bond motifs is 1. The maximum Gasteiger partial charge on any atom is 0.276 e. The van der Waals surface area contributed by atoms with Gasteiger partial charge in [0.25, 0.3) is 11.8 Å². The van der Waals surface area contributed by atoms with Gasteiger partial charge in [-0.05, 0) is 36.4 Å². The van der Waals surface area contributed by atoms with Gasteiger partial charge in [0, 0.05) is 11.3 Å². The first-order valence-electron chi connectivity index (χ1n) is 7.82. The lowest BCUT2D eigenvalue weighted by atomic mass is 10.1. The number of benzene rings is 2. The van der Waals surface area contributed by atoms with Crippen LogP contribution in [0.3, 0.4) is 0 Å². The molecule has 0 aliphatic carbocycles. The molecule has 25 heavy (non-hydrogen) atoms. The number of amides is 2. The van der Waals surface area contributed by atoms with Crippen LogP contribution in [0.15, 0.2) is 77.4 Å². The number of hydrogen-bond donors (Lipinski definition) is 2. The maximum atomic E-state index is 12.9. The van der Waals surface area contributed by atoms with Crippen LogP contribution in [0.2, 0.25) is 0 Å². The van der Waals surface area contributed by atoms with Gasteiger partial charge in [0.2, 0.25) is 0 Å². The molecule has 0 radical (unpaired) electrons. The number of hydrazine groups is 1. The van der Waals surface area contributed by atoms with Crippen molar-refractivity contribution < 1.29 is 14.0 Å². The second kappa shape index (κ2) is 6.16. The van der Waals surface area contributed by atoms with Crippen molar-refractivity contribution in [3.05, 3.63) is 89.9 Å². The summed E-state index contributed by atoms with van der Waals surface area (Å²) in [6.07, 6.45) is 0.893. The number of nitrogens with zero attached hydrogens (tertiary/aromatic N) is 1. The molecular formula is C19H15N3O3. The van der Waals surface area contributed by atoms with Gasteiger partial charge >= 0.3 is 0 Å². The van der Waals surface area contributed by atoms with Crippen LogP contribution in [0.1, 0.15) is 32.6 Å². The summed E-state index contributed by atoms with van der Waals surface area (Å²) in [5.41, 5.74) is 4.33. The summed E-state index contributed by atoms with van der Waals surface area (Å²) in [6.45, 7) is 0. The SMILES string of the molecule is O=C(NN1C(=O)c2ccccc2N[C@H]1c1ccco1)c1ccccc1. The smallest absolute Gasteiger partial charge is 0.276 e. The van der Waals surface area contributed by atoms with E-state index in [-0.39, 0.29) is 11.8 Å². The standard InChI is InChI=1S/C19H15N3O3/c23-18(13-7-2-1-3-8-13)21-22-17(16-11-6-12-25-16)20-15-10-5-4-9-14(15)19(22)24/h1-12,17,20H,(H,21,23)/t17-/m1/s1. The number of para-hydroxylation sites is 1. The third kappa shape index (κ3) is 2.74. The van der Waals surface area contributed by atoms with Crippen molar-refractivity contribution in [3.8, 4) is 0 Å². The molecule has 3 aromatic rings. The summed E-state index contributed by atoms with van der Waals surface area (Å²) in [5, 5.41) is 4.49. The third-order valence-corrected chi connectivity index (χ3v) is 4.00. The molecule has 4 rings (SSSR count). The summed E-state index contributed by atoms with van der Waals surface area (Å²) >= 11 is 0. The van der Waals surface area contributed by atoms with Crippen LogP contribution >= 0.6 is 0 Å². The van der Waals surface area contributed by atoms with Gasteiger partial charge < -0.3 is 9.73 Å². The highest BCUT2D eigenvalue weighted by atomic mass is 16.3. The van der Waals surface area contributed by atoms with Crippen LogP contribution in [-0.4, -0.2) is 16.8 Å². The molecule has 0 bridgehead atoms. The number of rotatable bonds is 3. The van der Waals surface area contributed by atoms with E-state index in [1.807, 2.05) is 18.2 Å². The maximum absolute atomic E-state index is 12.9. The van der Waals surface area contributed by atoms with Crippen molar-refractivity contribution in [1.82, 2.24) is 10.4 Å². The van der Waals surface area contributed by atoms with Crippen LogP contribution in [0.4, 0.5) is 5.69 Å². The van der Waals surface area contributed by atoms with E-state index in [0.717, 1.165) is 0 Å². The van der Waals surface area contributed by atoms with Crippen LogP contribution < -0.4 is 10.7 Å². The first-order valence-corrected chi connectivity index (χ1v) is 7.82. The van der Waals surface area contributed by atoms with Gasteiger partial charge in [-0.15, -0.1) is 0 Å². The first kappa shape index (κ1) is 15.0. The van der Waals surface area contributed by atoms with Crippen molar-refractivity contribution >= 4 is 17.5 Å². The average molecular weight is 333 g/mol. The van der Waals surface area contributed by atoms with E-state index in [1.165, 1.54) is 11.3 Å². The van der Waals surface area contributed by atoms with E-state index in [9.17, 15) is 9.59 Å². The molecule has 2 amide bonds. The Morgan fingerprint density at radius 3 is 2.52 bits per heavy atom. The lowest BCUT2D eigenvalue weighted by Gasteiger charge is -2.36. The molecule has 1 aromatic heterocycles. The molecule has 1 atom stereocenters. The minimum absolute atomic E-state index is 0.306. The van der Waals surface area contributed by atoms with Crippen molar-refractivity contribution in [2.45, 2.75) is 6.17 Å². The highest BCUT2D eigenvalue weighted by Crippen LogP contribution is 2.32. The Hall–Kier alpha value is -3.54. The fraction of sp³-hybridized carbons (Fsp3) is 0.0526. The quantitative estimate of drug-likeness (QED) is 0.772. The average Bonchev–Trinajstić information content (AvgIpc) is 3.19. The van der Waals surface area contributed by atoms with E-state index in [4.69, 9.17) is 4.42 Å². The molecule has 0 saturated heterocycles. The first-order chi connectivity index (χ1) is 12.2. The van der Waals surface area contributed by atoms with Crippen LogP contribution in [0, 0.1) is 0 Å². The van der Waals surface area contributed by atoms with Crippen molar-refractivity contribution in [3.63, 3.8) is 0 Å². The van der Waals surface area contributed by atoms with Crippen LogP contribution in [-0.2, 0) is 0 Å². The molecule has 6 heteroatoms. The molecule has 6 nitrogen and oxygen atoms in total. The van der Waals surface area contributed by atoms with Crippen molar-refractivity contribution in [2.24, 2.45) is 0 Å². The molecule has 2 aromatic carbocycles. The number of carbonyl (C=O) groups is 2. The van der Waals surface area contributed by atoms with Gasteiger partial charge in [-0.25, -0.2) is 5.01 Å². The van der Waals surface area contributed by atoms with Gasteiger partial charge in [0.15, 0.2) is 6.17 Å². The predicted octanol–water partition coefficient (Wildman–Crippen LogP) is 3.19. The number of furan rings is 1. The fourth-order valence-corrected chi connectivity index (χ4v) is 2.78. The number of anilines is 1.